The van der Waals surface area contributed by atoms with Crippen molar-refractivity contribution in [1.82, 2.24) is 5.32 Å². The molecule has 5 nitrogen and oxygen atoms in total. The number of nitrogens with one attached hydrogen (secondary N) is 2. The van der Waals surface area contributed by atoms with E-state index in [9.17, 15) is 4.79 Å². The molecule has 2 rings (SSSR count). The van der Waals surface area contributed by atoms with Crippen LogP contribution in [0.1, 0.15) is 11.1 Å². The molecule has 0 fully saturated rings. The van der Waals surface area contributed by atoms with Gasteiger partial charge in [-0.3, -0.25) is 4.79 Å². The van der Waals surface area contributed by atoms with E-state index in [-0.39, 0.29) is 12.5 Å². The molecule has 118 valence electrons. The fourth-order valence-corrected chi connectivity index (χ4v) is 2.08. The molecular formula is C18H19N3O2. The number of carbonyl (C=O) groups is 1. The van der Waals surface area contributed by atoms with Gasteiger partial charge in [-0.05, 0) is 48.4 Å². The fraction of sp³-hybridized carbons (Fsp3) is 0.222. The second kappa shape index (κ2) is 8.44. The second-order valence-corrected chi connectivity index (χ2v) is 4.99. The smallest absolute Gasteiger partial charge is 0.239 e. The number of methoxy groups -OCH3 is 1. The summed E-state index contributed by atoms with van der Waals surface area (Å²) in [6, 6.07) is 16.8. The summed E-state index contributed by atoms with van der Waals surface area (Å²) in [6.07, 6.45) is 0.750. The number of hydrogen-bond donors (Lipinski definition) is 2. The zero-order valence-corrected chi connectivity index (χ0v) is 13.0. The van der Waals surface area contributed by atoms with E-state index >= 15 is 0 Å². The van der Waals surface area contributed by atoms with Gasteiger partial charge in [0.05, 0.1) is 25.3 Å². The average Bonchev–Trinajstić information content (AvgIpc) is 2.60. The summed E-state index contributed by atoms with van der Waals surface area (Å²) in [6.45, 7) is 0.769. The maximum absolute atomic E-state index is 11.8. The van der Waals surface area contributed by atoms with Crippen molar-refractivity contribution in [2.45, 2.75) is 6.42 Å². The molecule has 0 saturated heterocycles. The van der Waals surface area contributed by atoms with E-state index in [0.29, 0.717) is 12.1 Å². The fourth-order valence-electron chi connectivity index (χ4n) is 2.08. The van der Waals surface area contributed by atoms with E-state index in [2.05, 4.69) is 16.7 Å². The van der Waals surface area contributed by atoms with E-state index in [1.54, 1.807) is 31.4 Å². The molecule has 0 bridgehead atoms. The van der Waals surface area contributed by atoms with Crippen LogP contribution in [-0.4, -0.2) is 26.1 Å². The van der Waals surface area contributed by atoms with Crippen molar-refractivity contribution in [1.29, 1.82) is 5.26 Å². The van der Waals surface area contributed by atoms with Crippen LogP contribution >= 0.6 is 0 Å². The first-order valence-electron chi connectivity index (χ1n) is 7.35. The molecular weight excluding hydrogens is 290 g/mol. The third-order valence-corrected chi connectivity index (χ3v) is 3.34. The lowest BCUT2D eigenvalue weighted by molar-refractivity contribution is -0.119. The van der Waals surface area contributed by atoms with Crippen molar-refractivity contribution < 1.29 is 9.53 Å². The summed E-state index contributed by atoms with van der Waals surface area (Å²) < 4.78 is 5.17. The summed E-state index contributed by atoms with van der Waals surface area (Å²) in [7, 11) is 1.63. The van der Waals surface area contributed by atoms with E-state index in [4.69, 9.17) is 10.00 Å². The monoisotopic (exact) mass is 309 g/mol. The van der Waals surface area contributed by atoms with E-state index < -0.39 is 0 Å². The molecule has 2 N–H and O–H groups in total. The molecule has 2 aromatic carbocycles. The second-order valence-electron chi connectivity index (χ2n) is 4.99. The van der Waals surface area contributed by atoms with E-state index in [1.807, 2.05) is 24.3 Å². The molecule has 0 atom stereocenters. The van der Waals surface area contributed by atoms with Gasteiger partial charge in [-0.2, -0.15) is 5.26 Å². The Labute approximate surface area is 135 Å². The van der Waals surface area contributed by atoms with Crippen LogP contribution in [0.4, 0.5) is 5.69 Å². The number of nitriles is 1. The van der Waals surface area contributed by atoms with Gasteiger partial charge in [0.2, 0.25) is 5.91 Å². The van der Waals surface area contributed by atoms with Gasteiger partial charge < -0.3 is 15.4 Å². The van der Waals surface area contributed by atoms with Gasteiger partial charge in [-0.25, -0.2) is 0 Å². The number of ether oxygens (including phenoxy) is 1. The SMILES string of the molecule is COc1cccc(CCNC(=O)CNc2ccc(C#N)cc2)c1. The van der Waals surface area contributed by atoms with Crippen molar-refractivity contribution in [2.75, 3.05) is 25.5 Å². The summed E-state index contributed by atoms with van der Waals surface area (Å²) >= 11 is 0. The molecule has 0 aliphatic rings. The molecule has 0 unspecified atom stereocenters. The first-order valence-corrected chi connectivity index (χ1v) is 7.35. The summed E-state index contributed by atoms with van der Waals surface area (Å²) in [4.78, 5) is 11.8. The summed E-state index contributed by atoms with van der Waals surface area (Å²) in [5.74, 6) is 0.744. The predicted molar refractivity (Wildman–Crippen MR) is 89.4 cm³/mol. The lowest BCUT2D eigenvalue weighted by atomic mass is 10.1. The van der Waals surface area contributed by atoms with Crippen LogP contribution < -0.4 is 15.4 Å². The molecule has 0 heterocycles. The molecule has 2 aromatic rings. The number of carbonyl (C=O) groups excluding carboxylic acids is 1. The van der Waals surface area contributed by atoms with Crippen molar-refractivity contribution in [3.05, 3.63) is 59.7 Å². The van der Waals surface area contributed by atoms with Crippen molar-refractivity contribution in [3.8, 4) is 11.8 Å². The Kier molecular flexibility index (Phi) is 6.01. The van der Waals surface area contributed by atoms with Crippen LogP contribution in [0, 0.1) is 11.3 Å². The van der Waals surface area contributed by atoms with Gasteiger partial charge in [0.15, 0.2) is 0 Å². The lowest BCUT2D eigenvalue weighted by Gasteiger charge is -2.08. The third kappa shape index (κ3) is 5.36. The van der Waals surface area contributed by atoms with Gasteiger partial charge in [-0.1, -0.05) is 12.1 Å². The molecule has 0 aromatic heterocycles. The first-order chi connectivity index (χ1) is 11.2. The topological polar surface area (TPSA) is 74.2 Å². The van der Waals surface area contributed by atoms with Crippen LogP contribution in [-0.2, 0) is 11.2 Å². The number of hydrogen-bond acceptors (Lipinski definition) is 4. The molecule has 23 heavy (non-hydrogen) atoms. The van der Waals surface area contributed by atoms with Gasteiger partial charge in [0.1, 0.15) is 5.75 Å². The summed E-state index contributed by atoms with van der Waals surface area (Å²) in [5.41, 5.74) is 2.52. The minimum Gasteiger partial charge on any atom is -0.497 e. The van der Waals surface area contributed by atoms with Crippen LogP contribution in [0.2, 0.25) is 0 Å². The quantitative estimate of drug-likeness (QED) is 0.823. The van der Waals surface area contributed by atoms with E-state index in [1.165, 1.54) is 0 Å². The Morgan fingerprint density at radius 3 is 2.70 bits per heavy atom. The van der Waals surface area contributed by atoms with Gasteiger partial charge in [0.25, 0.3) is 0 Å². The largest absolute Gasteiger partial charge is 0.497 e. The highest BCUT2D eigenvalue weighted by Gasteiger charge is 2.02. The highest BCUT2D eigenvalue weighted by molar-refractivity contribution is 5.80. The minimum atomic E-state index is -0.0720. The predicted octanol–water partition coefficient (Wildman–Crippen LogP) is 2.34. The molecule has 0 saturated carbocycles. The first kappa shape index (κ1) is 16.4. The zero-order chi connectivity index (χ0) is 16.5. The van der Waals surface area contributed by atoms with Crippen molar-refractivity contribution >= 4 is 11.6 Å². The number of benzene rings is 2. The van der Waals surface area contributed by atoms with Gasteiger partial charge in [0, 0.05) is 12.2 Å². The molecule has 0 aliphatic heterocycles. The Morgan fingerprint density at radius 2 is 2.00 bits per heavy atom. The molecule has 0 radical (unpaired) electrons. The van der Waals surface area contributed by atoms with Crippen molar-refractivity contribution in [3.63, 3.8) is 0 Å². The number of amides is 1. The molecule has 0 spiro atoms. The maximum Gasteiger partial charge on any atom is 0.239 e. The summed E-state index contributed by atoms with van der Waals surface area (Å²) in [5, 5.41) is 14.6. The van der Waals surface area contributed by atoms with E-state index in [0.717, 1.165) is 23.4 Å². The number of rotatable bonds is 7. The highest BCUT2D eigenvalue weighted by atomic mass is 16.5. The molecule has 5 heteroatoms. The lowest BCUT2D eigenvalue weighted by Crippen LogP contribution is -2.31. The highest BCUT2D eigenvalue weighted by Crippen LogP contribution is 2.12. The molecule has 1 amide bonds. The van der Waals surface area contributed by atoms with Crippen molar-refractivity contribution in [2.24, 2.45) is 0 Å². The van der Waals surface area contributed by atoms with Gasteiger partial charge in [-0.15, -0.1) is 0 Å². The van der Waals surface area contributed by atoms with Crippen LogP contribution in [0.5, 0.6) is 5.75 Å². The van der Waals surface area contributed by atoms with Crippen LogP contribution in [0.3, 0.4) is 0 Å². The van der Waals surface area contributed by atoms with Crippen LogP contribution in [0.25, 0.3) is 0 Å². The Balaban J connectivity index is 1.71. The standard InChI is InChI=1S/C18H19N3O2/c1-23-17-4-2-3-14(11-17)9-10-20-18(22)13-21-16-7-5-15(12-19)6-8-16/h2-8,11,21H,9-10,13H2,1H3,(H,20,22). The third-order valence-electron chi connectivity index (χ3n) is 3.34. The Morgan fingerprint density at radius 1 is 1.22 bits per heavy atom. The Bertz CT molecular complexity index is 690. The number of anilines is 1. The molecule has 0 aliphatic carbocycles. The normalized spacial score (nSPS) is 9.74. The maximum atomic E-state index is 11.8. The zero-order valence-electron chi connectivity index (χ0n) is 13.0. The van der Waals surface area contributed by atoms with Crippen LogP contribution in [0.15, 0.2) is 48.5 Å². The van der Waals surface area contributed by atoms with Gasteiger partial charge >= 0.3 is 0 Å². The Hall–Kier alpha value is -3.00. The number of nitrogens with zero attached hydrogens (tertiary/aromatic N) is 1. The average molecular weight is 309 g/mol. The minimum absolute atomic E-state index is 0.0720.